The highest BCUT2D eigenvalue weighted by Gasteiger charge is 2.60. The summed E-state index contributed by atoms with van der Waals surface area (Å²) in [6.07, 6.45) is 3.92. The largest absolute Gasteiger partial charge is 0.494 e. The molecule has 0 aromatic heterocycles. The van der Waals surface area contributed by atoms with E-state index >= 15 is 0 Å². The molecule has 1 aromatic carbocycles. The van der Waals surface area contributed by atoms with Gasteiger partial charge in [0.05, 0.1) is 7.11 Å². The molecule has 2 fully saturated rings. The number of benzene rings is 1. The van der Waals surface area contributed by atoms with Crippen molar-refractivity contribution < 1.29 is 9.13 Å². The zero-order valence-electron chi connectivity index (χ0n) is 13.5. The van der Waals surface area contributed by atoms with Crippen LogP contribution in [0.5, 0.6) is 5.75 Å². The van der Waals surface area contributed by atoms with Gasteiger partial charge in [-0.05, 0) is 53.7 Å². The summed E-state index contributed by atoms with van der Waals surface area (Å²) in [5, 5.41) is 3.68. The number of fused-ring (bicyclic) bond motifs is 2. The van der Waals surface area contributed by atoms with Crippen molar-refractivity contribution in [2.45, 2.75) is 52.6 Å². The number of halogens is 1. The fraction of sp³-hybridized carbons (Fsp3) is 0.667. The Morgan fingerprint density at radius 2 is 2.10 bits per heavy atom. The predicted molar refractivity (Wildman–Crippen MR) is 82.8 cm³/mol. The Morgan fingerprint density at radius 3 is 2.62 bits per heavy atom. The van der Waals surface area contributed by atoms with Gasteiger partial charge in [0.25, 0.3) is 0 Å². The van der Waals surface area contributed by atoms with E-state index in [0.717, 1.165) is 18.0 Å². The van der Waals surface area contributed by atoms with Crippen molar-refractivity contribution in [1.29, 1.82) is 0 Å². The van der Waals surface area contributed by atoms with Crippen molar-refractivity contribution in [3.8, 4) is 5.75 Å². The fourth-order valence-electron chi connectivity index (χ4n) is 4.57. The van der Waals surface area contributed by atoms with Crippen LogP contribution in [0.25, 0.3) is 0 Å². The second kappa shape index (κ2) is 4.98. The Kier molecular flexibility index (Phi) is 3.52. The molecule has 0 radical (unpaired) electrons. The van der Waals surface area contributed by atoms with E-state index in [0.29, 0.717) is 22.6 Å². The van der Waals surface area contributed by atoms with Gasteiger partial charge in [0.15, 0.2) is 11.6 Å². The molecule has 21 heavy (non-hydrogen) atoms. The molecule has 0 aliphatic heterocycles. The van der Waals surface area contributed by atoms with Gasteiger partial charge in [0.2, 0.25) is 0 Å². The third-order valence-corrected chi connectivity index (χ3v) is 6.56. The monoisotopic (exact) mass is 291 g/mol. The molecule has 1 N–H and O–H groups in total. The maximum absolute atomic E-state index is 13.7. The molecule has 3 atom stereocenters. The van der Waals surface area contributed by atoms with E-state index in [2.05, 4.69) is 26.1 Å². The summed E-state index contributed by atoms with van der Waals surface area (Å²) in [7, 11) is 1.49. The van der Waals surface area contributed by atoms with E-state index in [4.69, 9.17) is 4.74 Å². The van der Waals surface area contributed by atoms with Crippen LogP contribution in [0.15, 0.2) is 18.2 Å². The summed E-state index contributed by atoms with van der Waals surface area (Å²) in [5.41, 5.74) is 1.76. The van der Waals surface area contributed by atoms with E-state index in [1.165, 1.54) is 26.4 Å². The van der Waals surface area contributed by atoms with E-state index in [-0.39, 0.29) is 5.82 Å². The Hall–Kier alpha value is -1.09. The van der Waals surface area contributed by atoms with Gasteiger partial charge in [-0.1, -0.05) is 26.8 Å². The van der Waals surface area contributed by atoms with E-state index in [1.54, 1.807) is 12.1 Å². The van der Waals surface area contributed by atoms with E-state index in [1.807, 2.05) is 6.07 Å². The fourth-order valence-corrected chi connectivity index (χ4v) is 4.57. The normalized spacial score (nSPS) is 33.4. The molecule has 0 spiro atoms. The lowest BCUT2D eigenvalue weighted by Crippen LogP contribution is -2.44. The maximum Gasteiger partial charge on any atom is 0.165 e. The number of hydrogen-bond donors (Lipinski definition) is 1. The zero-order valence-corrected chi connectivity index (χ0v) is 13.5. The van der Waals surface area contributed by atoms with Crippen LogP contribution in [-0.2, 0) is 6.54 Å². The van der Waals surface area contributed by atoms with Crippen LogP contribution in [0.3, 0.4) is 0 Å². The summed E-state index contributed by atoms with van der Waals surface area (Å²) in [6.45, 7) is 7.98. The second-order valence-corrected chi connectivity index (χ2v) is 7.51. The summed E-state index contributed by atoms with van der Waals surface area (Å²) >= 11 is 0. The van der Waals surface area contributed by atoms with Gasteiger partial charge < -0.3 is 10.1 Å². The highest BCUT2D eigenvalue weighted by Crippen LogP contribution is 2.65. The molecule has 116 valence electrons. The third kappa shape index (κ3) is 2.17. The number of hydrogen-bond acceptors (Lipinski definition) is 2. The molecular weight excluding hydrogens is 265 g/mol. The molecule has 2 nitrogen and oxygen atoms in total. The second-order valence-electron chi connectivity index (χ2n) is 7.51. The SMILES string of the molecule is COc1ccc(CNC2CC3CCC2(C)C3(C)C)cc1F. The summed E-state index contributed by atoms with van der Waals surface area (Å²) < 4.78 is 18.7. The number of rotatable bonds is 4. The summed E-state index contributed by atoms with van der Waals surface area (Å²) in [5.74, 6) is 0.857. The molecular formula is C18H26FNO. The van der Waals surface area contributed by atoms with Crippen LogP contribution in [0.4, 0.5) is 4.39 Å². The number of methoxy groups -OCH3 is 1. The lowest BCUT2D eigenvalue weighted by atomic mass is 9.69. The lowest BCUT2D eigenvalue weighted by molar-refractivity contribution is 0.120. The summed E-state index contributed by atoms with van der Waals surface area (Å²) in [4.78, 5) is 0. The minimum atomic E-state index is -0.281. The van der Waals surface area contributed by atoms with Crippen molar-refractivity contribution in [1.82, 2.24) is 5.32 Å². The highest BCUT2D eigenvalue weighted by molar-refractivity contribution is 5.29. The lowest BCUT2D eigenvalue weighted by Gasteiger charge is -2.39. The van der Waals surface area contributed by atoms with Crippen LogP contribution in [-0.4, -0.2) is 13.2 Å². The first-order chi connectivity index (χ1) is 9.88. The van der Waals surface area contributed by atoms with Gasteiger partial charge in [-0.25, -0.2) is 4.39 Å². The number of nitrogens with one attached hydrogen (secondary N) is 1. The van der Waals surface area contributed by atoms with Crippen molar-refractivity contribution in [3.63, 3.8) is 0 Å². The van der Waals surface area contributed by atoms with Gasteiger partial charge in [0.1, 0.15) is 0 Å². The van der Waals surface area contributed by atoms with Gasteiger partial charge >= 0.3 is 0 Å². The van der Waals surface area contributed by atoms with E-state index in [9.17, 15) is 4.39 Å². The highest BCUT2D eigenvalue weighted by atomic mass is 19.1. The molecule has 1 aromatic rings. The van der Waals surface area contributed by atoms with Crippen LogP contribution >= 0.6 is 0 Å². The molecule has 2 aliphatic carbocycles. The minimum Gasteiger partial charge on any atom is -0.494 e. The van der Waals surface area contributed by atoms with Gasteiger partial charge in [0, 0.05) is 12.6 Å². The Balaban J connectivity index is 1.68. The molecule has 3 unspecified atom stereocenters. The van der Waals surface area contributed by atoms with Crippen molar-refractivity contribution in [3.05, 3.63) is 29.6 Å². The molecule has 3 rings (SSSR count). The van der Waals surface area contributed by atoms with Crippen molar-refractivity contribution >= 4 is 0 Å². The quantitative estimate of drug-likeness (QED) is 0.900. The first-order valence-electron chi connectivity index (χ1n) is 7.94. The third-order valence-electron chi connectivity index (χ3n) is 6.56. The summed E-state index contributed by atoms with van der Waals surface area (Å²) in [6, 6.07) is 5.76. The van der Waals surface area contributed by atoms with Gasteiger partial charge in [-0.3, -0.25) is 0 Å². The molecule has 0 saturated heterocycles. The molecule has 0 heterocycles. The van der Waals surface area contributed by atoms with Gasteiger partial charge in [-0.15, -0.1) is 0 Å². The predicted octanol–water partition coefficient (Wildman–Crippen LogP) is 4.14. The van der Waals surface area contributed by atoms with Crippen molar-refractivity contribution in [2.24, 2.45) is 16.7 Å². The molecule has 2 saturated carbocycles. The molecule has 2 bridgehead atoms. The van der Waals surface area contributed by atoms with Crippen LogP contribution in [0, 0.1) is 22.6 Å². The molecule has 0 amide bonds. The first-order valence-corrected chi connectivity index (χ1v) is 7.94. The Bertz CT molecular complexity index is 542. The number of ether oxygens (including phenoxy) is 1. The van der Waals surface area contributed by atoms with Crippen LogP contribution < -0.4 is 10.1 Å². The Labute approximate surface area is 127 Å². The van der Waals surface area contributed by atoms with Crippen molar-refractivity contribution in [2.75, 3.05) is 7.11 Å². The smallest absolute Gasteiger partial charge is 0.165 e. The van der Waals surface area contributed by atoms with Crippen LogP contribution in [0.1, 0.15) is 45.6 Å². The average molecular weight is 291 g/mol. The van der Waals surface area contributed by atoms with Crippen LogP contribution in [0.2, 0.25) is 0 Å². The minimum absolute atomic E-state index is 0.281. The molecule has 2 aliphatic rings. The maximum atomic E-state index is 13.7. The topological polar surface area (TPSA) is 21.3 Å². The average Bonchev–Trinajstić information content (AvgIpc) is 2.78. The van der Waals surface area contributed by atoms with Gasteiger partial charge in [-0.2, -0.15) is 0 Å². The standard InChI is InChI=1S/C18H26FNO/c1-17(2)13-7-8-18(17,3)16(10-13)20-11-12-5-6-15(21-4)14(19)9-12/h5-6,9,13,16,20H,7-8,10-11H2,1-4H3. The molecule has 3 heteroatoms. The first kappa shape index (κ1) is 14.8. The zero-order chi connectivity index (χ0) is 15.3. The Morgan fingerprint density at radius 1 is 1.33 bits per heavy atom. The van der Waals surface area contributed by atoms with E-state index < -0.39 is 0 Å².